The summed E-state index contributed by atoms with van der Waals surface area (Å²) in [5.74, 6) is 0.994. The molecule has 20 heavy (non-hydrogen) atoms. The van der Waals surface area contributed by atoms with Gasteiger partial charge in [0.2, 0.25) is 0 Å². The Hall–Kier alpha value is -2.00. The Morgan fingerprint density at radius 2 is 1.85 bits per heavy atom. The van der Waals surface area contributed by atoms with Gasteiger partial charge < -0.3 is 15.4 Å². The molecule has 0 saturated carbocycles. The fourth-order valence-electron chi connectivity index (χ4n) is 2.69. The molecule has 2 aromatic rings. The van der Waals surface area contributed by atoms with Crippen LogP contribution in [0.3, 0.4) is 0 Å². The van der Waals surface area contributed by atoms with Crippen LogP contribution in [0.2, 0.25) is 0 Å². The molecule has 0 aliphatic carbocycles. The van der Waals surface area contributed by atoms with Crippen molar-refractivity contribution in [1.29, 1.82) is 0 Å². The minimum Gasteiger partial charge on any atom is -0.491 e. The van der Waals surface area contributed by atoms with E-state index in [1.165, 1.54) is 16.8 Å². The average molecular weight is 268 g/mol. The van der Waals surface area contributed by atoms with Crippen molar-refractivity contribution in [2.24, 2.45) is 5.73 Å². The van der Waals surface area contributed by atoms with Crippen molar-refractivity contribution >= 4 is 5.69 Å². The van der Waals surface area contributed by atoms with Gasteiger partial charge in [0.15, 0.2) is 0 Å². The molecule has 0 aromatic heterocycles. The molecule has 0 spiro atoms. The van der Waals surface area contributed by atoms with Crippen molar-refractivity contribution in [3.8, 4) is 5.75 Å². The number of hydrogen-bond acceptors (Lipinski definition) is 3. The van der Waals surface area contributed by atoms with Gasteiger partial charge in [-0.25, -0.2) is 0 Å². The van der Waals surface area contributed by atoms with Crippen LogP contribution >= 0.6 is 0 Å². The van der Waals surface area contributed by atoms with Crippen LogP contribution < -0.4 is 15.4 Å². The molecule has 2 aromatic carbocycles. The molecule has 0 fully saturated rings. The first-order chi connectivity index (χ1) is 9.75. The van der Waals surface area contributed by atoms with Crippen LogP contribution in [0.5, 0.6) is 5.75 Å². The number of para-hydroxylation sites is 2. The summed E-state index contributed by atoms with van der Waals surface area (Å²) in [6.07, 6.45) is 0. The number of anilines is 1. The number of nitrogens with zero attached hydrogens (tertiary/aromatic N) is 1. The molecule has 104 valence electrons. The van der Waals surface area contributed by atoms with E-state index in [9.17, 15) is 0 Å². The molecule has 0 bridgehead atoms. The van der Waals surface area contributed by atoms with Gasteiger partial charge in [-0.05, 0) is 24.6 Å². The Morgan fingerprint density at radius 3 is 2.70 bits per heavy atom. The maximum atomic E-state index is 6.10. The summed E-state index contributed by atoms with van der Waals surface area (Å²) in [5, 5.41) is 0. The minimum atomic E-state index is 0.0330. The maximum Gasteiger partial charge on any atom is 0.124 e. The summed E-state index contributed by atoms with van der Waals surface area (Å²) in [7, 11) is 0. The van der Waals surface area contributed by atoms with E-state index < -0.39 is 0 Å². The summed E-state index contributed by atoms with van der Waals surface area (Å²) < 4.78 is 5.83. The highest BCUT2D eigenvalue weighted by Gasteiger charge is 2.18. The van der Waals surface area contributed by atoms with Crippen LogP contribution in [0.25, 0.3) is 0 Å². The first kappa shape index (κ1) is 13.0. The van der Waals surface area contributed by atoms with Crippen molar-refractivity contribution in [3.05, 3.63) is 59.7 Å². The number of fused-ring (bicyclic) bond motifs is 1. The summed E-state index contributed by atoms with van der Waals surface area (Å²) in [4.78, 5) is 2.35. The number of rotatable bonds is 2. The second kappa shape index (κ2) is 5.55. The highest BCUT2D eigenvalue weighted by atomic mass is 16.5. The first-order valence-corrected chi connectivity index (χ1v) is 7.06. The Bertz CT molecular complexity index is 595. The lowest BCUT2D eigenvalue weighted by molar-refractivity contribution is 0.331. The van der Waals surface area contributed by atoms with E-state index in [2.05, 4.69) is 35.2 Å². The number of hydrogen-bond donors (Lipinski definition) is 1. The lowest BCUT2D eigenvalue weighted by Gasteiger charge is -2.26. The zero-order chi connectivity index (χ0) is 13.9. The lowest BCUT2D eigenvalue weighted by Crippen LogP contribution is -2.27. The maximum absolute atomic E-state index is 6.10. The third-order valence-electron chi connectivity index (χ3n) is 3.72. The van der Waals surface area contributed by atoms with Crippen LogP contribution in [0.4, 0.5) is 5.69 Å². The number of nitrogens with two attached hydrogens (primary N) is 1. The largest absolute Gasteiger partial charge is 0.491 e. The van der Waals surface area contributed by atoms with Gasteiger partial charge in [-0.15, -0.1) is 0 Å². The van der Waals surface area contributed by atoms with Gasteiger partial charge in [-0.1, -0.05) is 36.4 Å². The van der Waals surface area contributed by atoms with E-state index in [-0.39, 0.29) is 6.04 Å². The zero-order valence-electron chi connectivity index (χ0n) is 11.8. The molecule has 0 saturated heterocycles. The fraction of sp³-hybridized carbons (Fsp3) is 0.294. The van der Waals surface area contributed by atoms with E-state index in [1.54, 1.807) is 0 Å². The molecule has 3 nitrogen and oxygen atoms in total. The van der Waals surface area contributed by atoms with Gasteiger partial charge in [0.05, 0.1) is 6.54 Å². The van der Waals surface area contributed by atoms with Crippen molar-refractivity contribution in [3.63, 3.8) is 0 Å². The van der Waals surface area contributed by atoms with E-state index in [0.717, 1.165) is 18.8 Å². The molecule has 1 atom stereocenters. The molecule has 3 heteroatoms. The number of benzene rings is 2. The molecule has 1 heterocycles. The Morgan fingerprint density at radius 1 is 1.10 bits per heavy atom. The molecule has 1 aliphatic rings. The summed E-state index contributed by atoms with van der Waals surface area (Å²) >= 11 is 0. The van der Waals surface area contributed by atoms with Gasteiger partial charge in [0.25, 0.3) is 0 Å². The van der Waals surface area contributed by atoms with Gasteiger partial charge in [-0.2, -0.15) is 0 Å². The van der Waals surface area contributed by atoms with Crippen molar-refractivity contribution in [2.45, 2.75) is 19.5 Å². The smallest absolute Gasteiger partial charge is 0.124 e. The second-order valence-corrected chi connectivity index (χ2v) is 5.23. The Kier molecular flexibility index (Phi) is 3.61. The summed E-state index contributed by atoms with van der Waals surface area (Å²) in [6, 6.07) is 16.6. The second-order valence-electron chi connectivity index (χ2n) is 5.23. The summed E-state index contributed by atoms with van der Waals surface area (Å²) in [6.45, 7) is 4.46. The molecule has 3 rings (SSSR count). The fourth-order valence-corrected chi connectivity index (χ4v) is 2.69. The van der Waals surface area contributed by atoms with Crippen molar-refractivity contribution in [2.75, 3.05) is 18.1 Å². The van der Waals surface area contributed by atoms with Gasteiger partial charge in [0.1, 0.15) is 12.4 Å². The zero-order valence-corrected chi connectivity index (χ0v) is 11.8. The van der Waals surface area contributed by atoms with E-state index >= 15 is 0 Å². The molecule has 2 N–H and O–H groups in total. The van der Waals surface area contributed by atoms with Crippen LogP contribution in [-0.4, -0.2) is 13.2 Å². The average Bonchev–Trinajstić information content (AvgIpc) is 2.69. The first-order valence-electron chi connectivity index (χ1n) is 7.06. The standard InChI is InChI=1S/C17H20N2O/c1-13(18)15-7-3-4-8-16(15)19-10-11-20-17-9-5-2-6-14(17)12-19/h2-9,13H,10-12,18H2,1H3. The molecule has 1 aliphatic heterocycles. The van der Waals surface area contributed by atoms with Crippen LogP contribution in [-0.2, 0) is 6.54 Å². The van der Waals surface area contributed by atoms with Crippen LogP contribution in [0.15, 0.2) is 48.5 Å². The van der Waals surface area contributed by atoms with E-state index in [1.807, 2.05) is 25.1 Å². The highest BCUT2D eigenvalue weighted by molar-refractivity contribution is 5.56. The SMILES string of the molecule is CC(N)c1ccccc1N1CCOc2ccccc2C1. The quantitative estimate of drug-likeness (QED) is 0.909. The van der Waals surface area contributed by atoms with Gasteiger partial charge in [0, 0.05) is 23.8 Å². The Labute approximate surface area is 120 Å². The molecule has 1 unspecified atom stereocenters. The van der Waals surface area contributed by atoms with Crippen LogP contribution in [0.1, 0.15) is 24.1 Å². The molecular weight excluding hydrogens is 248 g/mol. The normalized spacial score (nSPS) is 16.0. The molecular formula is C17H20N2O. The predicted molar refractivity (Wildman–Crippen MR) is 82.0 cm³/mol. The Balaban J connectivity index is 1.96. The van der Waals surface area contributed by atoms with Crippen LogP contribution in [0, 0.1) is 0 Å². The number of ether oxygens (including phenoxy) is 1. The minimum absolute atomic E-state index is 0.0330. The molecule has 0 amide bonds. The van der Waals surface area contributed by atoms with Gasteiger partial charge in [-0.3, -0.25) is 0 Å². The predicted octanol–water partition coefficient (Wildman–Crippen LogP) is 3.11. The summed E-state index contributed by atoms with van der Waals surface area (Å²) in [5.41, 5.74) is 9.72. The van der Waals surface area contributed by atoms with E-state index in [4.69, 9.17) is 10.5 Å². The monoisotopic (exact) mass is 268 g/mol. The highest BCUT2D eigenvalue weighted by Crippen LogP contribution is 2.30. The third kappa shape index (κ3) is 2.49. The lowest BCUT2D eigenvalue weighted by atomic mass is 10.1. The van der Waals surface area contributed by atoms with Crippen molar-refractivity contribution in [1.82, 2.24) is 0 Å². The van der Waals surface area contributed by atoms with Gasteiger partial charge >= 0.3 is 0 Å². The molecule has 0 radical (unpaired) electrons. The van der Waals surface area contributed by atoms with Crippen molar-refractivity contribution < 1.29 is 4.74 Å². The van der Waals surface area contributed by atoms with E-state index in [0.29, 0.717) is 6.61 Å². The topological polar surface area (TPSA) is 38.5 Å². The third-order valence-corrected chi connectivity index (χ3v) is 3.72.